The van der Waals surface area contributed by atoms with Crippen molar-refractivity contribution in [1.82, 2.24) is 4.90 Å². The second-order valence-electron chi connectivity index (χ2n) is 4.80. The van der Waals surface area contributed by atoms with E-state index in [-0.39, 0.29) is 12.5 Å². The Labute approximate surface area is 105 Å². The van der Waals surface area contributed by atoms with Gasteiger partial charge in [0.15, 0.2) is 5.76 Å². The van der Waals surface area contributed by atoms with Crippen molar-refractivity contribution in [2.75, 3.05) is 13.1 Å². The third kappa shape index (κ3) is 2.39. The average Bonchev–Trinajstić information content (AvgIpc) is 2.67. The van der Waals surface area contributed by atoms with Crippen LogP contribution in [0.25, 0.3) is 0 Å². The van der Waals surface area contributed by atoms with Gasteiger partial charge in [-0.2, -0.15) is 0 Å². The molecule has 1 saturated heterocycles. The molecule has 0 radical (unpaired) electrons. The van der Waals surface area contributed by atoms with E-state index < -0.39 is 11.9 Å². The summed E-state index contributed by atoms with van der Waals surface area (Å²) >= 11 is 0. The predicted molar refractivity (Wildman–Crippen MR) is 64.4 cm³/mol. The second-order valence-corrected chi connectivity index (χ2v) is 4.80. The first-order chi connectivity index (χ1) is 8.49. The van der Waals surface area contributed by atoms with E-state index in [9.17, 15) is 9.59 Å². The molecule has 1 amide bonds. The number of likely N-dealkylation sites (tertiary alicyclic amines) is 1. The van der Waals surface area contributed by atoms with Gasteiger partial charge in [-0.15, -0.1) is 0 Å². The van der Waals surface area contributed by atoms with Gasteiger partial charge >= 0.3 is 5.97 Å². The number of carboxylic acids is 1. The van der Waals surface area contributed by atoms with Crippen LogP contribution >= 0.6 is 0 Å². The van der Waals surface area contributed by atoms with E-state index >= 15 is 0 Å². The highest BCUT2D eigenvalue weighted by molar-refractivity contribution is 5.93. The lowest BCUT2D eigenvalue weighted by Crippen LogP contribution is -2.42. The van der Waals surface area contributed by atoms with Crippen LogP contribution in [0.5, 0.6) is 0 Å². The summed E-state index contributed by atoms with van der Waals surface area (Å²) < 4.78 is 5.39. The SMILES string of the molecule is Cc1cc(C)c(C(=O)N2CCC[C@@H](C(=O)O)C2)o1. The van der Waals surface area contributed by atoms with E-state index in [2.05, 4.69) is 0 Å². The van der Waals surface area contributed by atoms with Crippen LogP contribution in [0, 0.1) is 19.8 Å². The number of carboxylic acid groups (broad SMARTS) is 1. The number of nitrogens with zero attached hydrogens (tertiary/aromatic N) is 1. The molecule has 1 atom stereocenters. The summed E-state index contributed by atoms with van der Waals surface area (Å²) in [5, 5.41) is 9.01. The van der Waals surface area contributed by atoms with Gasteiger partial charge in [-0.3, -0.25) is 9.59 Å². The lowest BCUT2D eigenvalue weighted by atomic mass is 9.98. The molecule has 0 saturated carbocycles. The van der Waals surface area contributed by atoms with Crippen LogP contribution in [0.15, 0.2) is 10.5 Å². The minimum absolute atomic E-state index is 0.202. The molecule has 1 aliphatic rings. The minimum atomic E-state index is -0.833. The topological polar surface area (TPSA) is 70.8 Å². The Morgan fingerprint density at radius 3 is 2.72 bits per heavy atom. The number of amides is 1. The van der Waals surface area contributed by atoms with Crippen LogP contribution in [-0.2, 0) is 4.79 Å². The van der Waals surface area contributed by atoms with E-state index in [1.807, 2.05) is 13.0 Å². The highest BCUT2D eigenvalue weighted by Crippen LogP contribution is 2.21. The highest BCUT2D eigenvalue weighted by atomic mass is 16.4. The number of aryl methyl sites for hydroxylation is 2. The van der Waals surface area contributed by atoms with Crippen LogP contribution < -0.4 is 0 Å². The van der Waals surface area contributed by atoms with Crippen LogP contribution in [0.2, 0.25) is 0 Å². The Kier molecular flexibility index (Phi) is 3.41. The van der Waals surface area contributed by atoms with Crippen molar-refractivity contribution in [3.63, 3.8) is 0 Å². The van der Waals surface area contributed by atoms with Crippen molar-refractivity contribution >= 4 is 11.9 Å². The predicted octanol–water partition coefficient (Wildman–Crippen LogP) is 1.83. The number of aliphatic carboxylic acids is 1. The maximum atomic E-state index is 12.2. The lowest BCUT2D eigenvalue weighted by Gasteiger charge is -2.30. The smallest absolute Gasteiger partial charge is 0.308 e. The first-order valence-corrected chi connectivity index (χ1v) is 6.08. The number of rotatable bonds is 2. The molecule has 1 aromatic rings. The van der Waals surface area contributed by atoms with Gasteiger partial charge in [0.1, 0.15) is 5.76 Å². The fraction of sp³-hybridized carbons (Fsp3) is 0.538. The van der Waals surface area contributed by atoms with Gasteiger partial charge in [0.25, 0.3) is 5.91 Å². The summed E-state index contributed by atoms with van der Waals surface area (Å²) in [6.45, 7) is 4.48. The molecule has 0 aromatic carbocycles. The molecule has 5 heteroatoms. The summed E-state index contributed by atoms with van der Waals surface area (Å²) in [6.07, 6.45) is 1.36. The van der Waals surface area contributed by atoms with Crippen molar-refractivity contribution in [2.45, 2.75) is 26.7 Å². The molecule has 0 spiro atoms. The molecule has 2 heterocycles. The fourth-order valence-corrected chi connectivity index (χ4v) is 2.36. The normalized spacial score (nSPS) is 19.9. The fourth-order valence-electron chi connectivity index (χ4n) is 2.36. The van der Waals surface area contributed by atoms with E-state index in [1.54, 1.807) is 11.8 Å². The molecule has 1 fully saturated rings. The van der Waals surface area contributed by atoms with Crippen LogP contribution in [0.1, 0.15) is 34.7 Å². The Bertz CT molecular complexity index is 477. The number of hydrogen-bond donors (Lipinski definition) is 1. The molecule has 0 bridgehead atoms. The van der Waals surface area contributed by atoms with Gasteiger partial charge in [-0.1, -0.05) is 0 Å². The van der Waals surface area contributed by atoms with Crippen molar-refractivity contribution < 1.29 is 19.1 Å². The lowest BCUT2D eigenvalue weighted by molar-refractivity contribution is -0.143. The summed E-state index contributed by atoms with van der Waals surface area (Å²) in [4.78, 5) is 24.8. The Hall–Kier alpha value is -1.78. The molecule has 1 N–H and O–H groups in total. The zero-order valence-corrected chi connectivity index (χ0v) is 10.6. The third-order valence-corrected chi connectivity index (χ3v) is 3.29. The number of carbonyl (C=O) groups is 2. The summed E-state index contributed by atoms with van der Waals surface area (Å²) in [6, 6.07) is 1.81. The first kappa shape index (κ1) is 12.7. The van der Waals surface area contributed by atoms with Gasteiger partial charge in [-0.05, 0) is 32.8 Å². The van der Waals surface area contributed by atoms with Gasteiger partial charge in [0.2, 0.25) is 0 Å². The minimum Gasteiger partial charge on any atom is -0.481 e. The summed E-state index contributed by atoms with van der Waals surface area (Å²) in [5.74, 6) is -0.466. The van der Waals surface area contributed by atoms with Crippen molar-refractivity contribution in [3.8, 4) is 0 Å². The van der Waals surface area contributed by atoms with Gasteiger partial charge < -0.3 is 14.4 Å². The van der Waals surface area contributed by atoms with E-state index in [0.717, 1.165) is 12.0 Å². The molecule has 98 valence electrons. The molecule has 1 aliphatic heterocycles. The molecule has 2 rings (SSSR count). The Morgan fingerprint density at radius 1 is 1.44 bits per heavy atom. The third-order valence-electron chi connectivity index (χ3n) is 3.29. The first-order valence-electron chi connectivity index (χ1n) is 6.08. The Balaban J connectivity index is 2.14. The maximum absolute atomic E-state index is 12.2. The van der Waals surface area contributed by atoms with Crippen LogP contribution in [0.3, 0.4) is 0 Å². The summed E-state index contributed by atoms with van der Waals surface area (Å²) in [5.41, 5.74) is 0.801. The number of carbonyl (C=O) groups excluding carboxylic acids is 1. The highest BCUT2D eigenvalue weighted by Gasteiger charge is 2.30. The molecule has 0 unspecified atom stereocenters. The largest absolute Gasteiger partial charge is 0.481 e. The zero-order valence-electron chi connectivity index (χ0n) is 10.6. The second kappa shape index (κ2) is 4.84. The standard InChI is InChI=1S/C13H17NO4/c1-8-6-9(2)18-11(8)12(15)14-5-3-4-10(7-14)13(16)17/h6,10H,3-5,7H2,1-2H3,(H,16,17)/t10-/m1/s1. The summed E-state index contributed by atoms with van der Waals surface area (Å²) in [7, 11) is 0. The molecule has 0 aliphatic carbocycles. The molecule has 18 heavy (non-hydrogen) atoms. The molecule has 1 aromatic heterocycles. The number of furan rings is 1. The molecule has 5 nitrogen and oxygen atoms in total. The van der Waals surface area contributed by atoms with Gasteiger partial charge in [0.05, 0.1) is 5.92 Å². The van der Waals surface area contributed by atoms with E-state index in [1.165, 1.54) is 0 Å². The van der Waals surface area contributed by atoms with Crippen LogP contribution in [-0.4, -0.2) is 35.0 Å². The van der Waals surface area contributed by atoms with Gasteiger partial charge in [0, 0.05) is 18.7 Å². The van der Waals surface area contributed by atoms with Crippen molar-refractivity contribution in [2.24, 2.45) is 5.92 Å². The maximum Gasteiger partial charge on any atom is 0.308 e. The monoisotopic (exact) mass is 251 g/mol. The zero-order chi connectivity index (χ0) is 13.3. The van der Waals surface area contributed by atoms with E-state index in [4.69, 9.17) is 9.52 Å². The van der Waals surface area contributed by atoms with Crippen molar-refractivity contribution in [1.29, 1.82) is 0 Å². The van der Waals surface area contributed by atoms with Crippen molar-refractivity contribution in [3.05, 3.63) is 23.2 Å². The molecular weight excluding hydrogens is 234 g/mol. The quantitative estimate of drug-likeness (QED) is 0.870. The van der Waals surface area contributed by atoms with Crippen LogP contribution in [0.4, 0.5) is 0 Å². The van der Waals surface area contributed by atoms with E-state index in [0.29, 0.717) is 24.5 Å². The number of piperidine rings is 1. The Morgan fingerprint density at radius 2 is 2.17 bits per heavy atom. The average molecular weight is 251 g/mol. The van der Waals surface area contributed by atoms with Gasteiger partial charge in [-0.25, -0.2) is 0 Å². The molecular formula is C13H17NO4. The number of hydrogen-bond acceptors (Lipinski definition) is 3.